The van der Waals surface area contributed by atoms with Crippen LogP contribution in [0.3, 0.4) is 0 Å². The third-order valence-electron chi connectivity index (χ3n) is 4.34. The number of carbonyl (C=O) groups excluding carboxylic acids is 3. The second kappa shape index (κ2) is 6.23. The van der Waals surface area contributed by atoms with E-state index in [0.717, 1.165) is 0 Å². The third-order valence-corrected chi connectivity index (χ3v) is 4.34. The van der Waals surface area contributed by atoms with Crippen molar-refractivity contribution in [1.29, 1.82) is 0 Å². The molecule has 2 heterocycles. The molecular weight excluding hydrogens is 288 g/mol. The number of hydrogen-bond acceptors (Lipinski definition) is 4. The van der Waals surface area contributed by atoms with Gasteiger partial charge in [-0.05, 0) is 0 Å². The number of aliphatic hydroxyl groups is 1. The second-order valence-corrected chi connectivity index (χ2v) is 5.61. The molecule has 4 unspecified atom stereocenters. The normalized spacial score (nSPS) is 27.2. The summed E-state index contributed by atoms with van der Waals surface area (Å²) in [5, 5.41) is 12.3. The van der Waals surface area contributed by atoms with Crippen LogP contribution < -0.4 is 11.1 Å². The third kappa shape index (κ3) is 2.85. The van der Waals surface area contributed by atoms with Crippen LogP contribution in [-0.4, -0.2) is 71.1 Å². The summed E-state index contributed by atoms with van der Waals surface area (Å²) in [6, 6.07) is -0.969. The zero-order valence-corrected chi connectivity index (χ0v) is 12.4. The van der Waals surface area contributed by atoms with Gasteiger partial charge in [0.15, 0.2) is 0 Å². The predicted octanol–water partition coefficient (Wildman–Crippen LogP) is -2.05. The Hall–Kier alpha value is -2.27. The molecular formula is C14H20N4O4. The minimum absolute atomic E-state index is 0.136. The number of nitrogens with zero attached hydrogens (tertiary/aromatic N) is 2. The molecule has 120 valence electrons. The van der Waals surface area contributed by atoms with E-state index in [2.05, 4.69) is 11.2 Å². The van der Waals surface area contributed by atoms with Gasteiger partial charge < -0.3 is 26.0 Å². The Morgan fingerprint density at radius 2 is 1.91 bits per heavy atom. The highest BCUT2D eigenvalue weighted by molar-refractivity contribution is 5.90. The number of nitrogens with two attached hydrogens (primary N) is 1. The van der Waals surface area contributed by atoms with Crippen molar-refractivity contribution < 1.29 is 19.5 Å². The van der Waals surface area contributed by atoms with Gasteiger partial charge in [-0.15, -0.1) is 6.42 Å². The fourth-order valence-corrected chi connectivity index (χ4v) is 2.89. The van der Waals surface area contributed by atoms with E-state index in [1.165, 1.54) is 4.90 Å². The second-order valence-electron chi connectivity index (χ2n) is 5.61. The number of primary amides is 1. The molecule has 2 saturated heterocycles. The fourth-order valence-electron chi connectivity index (χ4n) is 2.89. The van der Waals surface area contributed by atoms with Gasteiger partial charge in [0.1, 0.15) is 6.10 Å². The molecule has 8 nitrogen and oxygen atoms in total. The summed E-state index contributed by atoms with van der Waals surface area (Å²) in [7, 11) is 0. The standard InChI is InChI=1S/C14H20N4O4/c1-3-9(19)10-11(16-12(10)20)8(2)13(21)17-4-6-18(7-5-17)14(15)22/h1,8-11,19H,4-7H2,2H3,(H2,15,22)(H,16,20). The number of carbonyl (C=O) groups is 3. The number of terminal acetylenes is 1. The van der Waals surface area contributed by atoms with Crippen LogP contribution in [0.1, 0.15) is 6.92 Å². The van der Waals surface area contributed by atoms with Gasteiger partial charge in [0, 0.05) is 26.2 Å². The fraction of sp³-hybridized carbons (Fsp3) is 0.643. The molecule has 0 aromatic carbocycles. The van der Waals surface area contributed by atoms with Crippen LogP contribution in [0.2, 0.25) is 0 Å². The van der Waals surface area contributed by atoms with Crippen molar-refractivity contribution in [2.24, 2.45) is 17.6 Å². The highest BCUT2D eigenvalue weighted by Gasteiger charge is 2.48. The van der Waals surface area contributed by atoms with E-state index < -0.39 is 30.0 Å². The lowest BCUT2D eigenvalue weighted by Gasteiger charge is -2.43. The van der Waals surface area contributed by atoms with Crippen molar-refractivity contribution in [3.8, 4) is 12.3 Å². The Balaban J connectivity index is 1.95. The lowest BCUT2D eigenvalue weighted by molar-refractivity contribution is -0.148. The maximum absolute atomic E-state index is 12.5. The Bertz CT molecular complexity index is 521. The highest BCUT2D eigenvalue weighted by Crippen LogP contribution is 2.27. The molecule has 0 aromatic rings. The predicted molar refractivity (Wildman–Crippen MR) is 77.2 cm³/mol. The monoisotopic (exact) mass is 308 g/mol. The minimum Gasteiger partial charge on any atom is -0.379 e. The Morgan fingerprint density at radius 1 is 1.36 bits per heavy atom. The average Bonchev–Trinajstić information content (AvgIpc) is 2.50. The molecule has 8 heteroatoms. The van der Waals surface area contributed by atoms with Crippen molar-refractivity contribution in [1.82, 2.24) is 15.1 Å². The Labute approximate surface area is 128 Å². The molecule has 0 radical (unpaired) electrons. The van der Waals surface area contributed by atoms with Crippen molar-refractivity contribution in [2.45, 2.75) is 19.1 Å². The largest absolute Gasteiger partial charge is 0.379 e. The molecule has 0 bridgehead atoms. The Kier molecular flexibility index (Phi) is 4.56. The molecule has 22 heavy (non-hydrogen) atoms. The molecule has 0 spiro atoms. The van der Waals surface area contributed by atoms with Crippen molar-refractivity contribution in [2.75, 3.05) is 26.2 Å². The molecule has 2 aliphatic rings. The van der Waals surface area contributed by atoms with Gasteiger partial charge >= 0.3 is 6.03 Å². The number of piperazine rings is 1. The number of nitrogens with one attached hydrogen (secondary N) is 1. The molecule has 4 atom stereocenters. The first-order chi connectivity index (χ1) is 10.4. The van der Waals surface area contributed by atoms with E-state index in [1.807, 2.05) is 0 Å². The average molecular weight is 308 g/mol. The van der Waals surface area contributed by atoms with Crippen LogP contribution in [0.5, 0.6) is 0 Å². The van der Waals surface area contributed by atoms with Crippen LogP contribution in [0.15, 0.2) is 0 Å². The summed E-state index contributed by atoms with van der Waals surface area (Å²) in [5.41, 5.74) is 5.20. The molecule has 2 fully saturated rings. The SMILES string of the molecule is C#CC(O)C1C(=O)NC1C(C)C(=O)N1CCN(C(N)=O)CC1. The molecule has 4 N–H and O–H groups in total. The van der Waals surface area contributed by atoms with Crippen LogP contribution in [0.25, 0.3) is 0 Å². The van der Waals surface area contributed by atoms with Gasteiger partial charge in [0.2, 0.25) is 11.8 Å². The molecule has 2 aliphatic heterocycles. The van der Waals surface area contributed by atoms with Crippen LogP contribution in [-0.2, 0) is 9.59 Å². The highest BCUT2D eigenvalue weighted by atomic mass is 16.3. The van der Waals surface area contributed by atoms with Gasteiger partial charge in [-0.25, -0.2) is 4.79 Å². The van der Waals surface area contributed by atoms with E-state index in [4.69, 9.17) is 12.2 Å². The van der Waals surface area contributed by atoms with Crippen LogP contribution in [0.4, 0.5) is 4.79 Å². The molecule has 2 rings (SSSR count). The van der Waals surface area contributed by atoms with Crippen molar-refractivity contribution in [3.05, 3.63) is 0 Å². The van der Waals surface area contributed by atoms with E-state index in [9.17, 15) is 19.5 Å². The summed E-state index contributed by atoms with van der Waals surface area (Å²) in [6.45, 7) is 3.27. The number of rotatable bonds is 3. The number of hydrogen-bond donors (Lipinski definition) is 3. The van der Waals surface area contributed by atoms with E-state index in [1.54, 1.807) is 11.8 Å². The summed E-state index contributed by atoms with van der Waals surface area (Å²) in [5.74, 6) is 0.407. The first-order valence-corrected chi connectivity index (χ1v) is 7.14. The lowest BCUT2D eigenvalue weighted by atomic mass is 9.78. The topological polar surface area (TPSA) is 116 Å². The molecule has 0 aliphatic carbocycles. The van der Waals surface area contributed by atoms with Crippen LogP contribution >= 0.6 is 0 Å². The zero-order chi connectivity index (χ0) is 16.4. The van der Waals surface area contributed by atoms with Gasteiger partial charge in [-0.3, -0.25) is 9.59 Å². The first kappa shape index (κ1) is 16.1. The quantitative estimate of drug-likeness (QED) is 0.411. The summed E-state index contributed by atoms with van der Waals surface area (Å²) < 4.78 is 0. The summed E-state index contributed by atoms with van der Waals surface area (Å²) in [6.07, 6.45) is 3.95. The smallest absolute Gasteiger partial charge is 0.314 e. The van der Waals surface area contributed by atoms with E-state index >= 15 is 0 Å². The lowest BCUT2D eigenvalue weighted by Crippen LogP contribution is -2.67. The first-order valence-electron chi connectivity index (χ1n) is 7.14. The number of urea groups is 1. The number of amides is 4. The maximum atomic E-state index is 12.5. The number of aliphatic hydroxyl groups excluding tert-OH is 1. The number of β-lactam (4-membered cyclic amide) rings is 1. The summed E-state index contributed by atoms with van der Waals surface area (Å²) in [4.78, 5) is 38.2. The maximum Gasteiger partial charge on any atom is 0.314 e. The Morgan fingerprint density at radius 3 is 2.36 bits per heavy atom. The van der Waals surface area contributed by atoms with Crippen LogP contribution in [0, 0.1) is 24.2 Å². The van der Waals surface area contributed by atoms with Crippen molar-refractivity contribution in [3.63, 3.8) is 0 Å². The summed E-state index contributed by atoms with van der Waals surface area (Å²) >= 11 is 0. The zero-order valence-electron chi connectivity index (χ0n) is 12.4. The van der Waals surface area contributed by atoms with Crippen molar-refractivity contribution >= 4 is 17.8 Å². The van der Waals surface area contributed by atoms with Gasteiger partial charge in [-0.2, -0.15) is 0 Å². The molecule has 0 saturated carbocycles. The van der Waals surface area contributed by atoms with Gasteiger partial charge in [0.25, 0.3) is 0 Å². The van der Waals surface area contributed by atoms with E-state index in [-0.39, 0.29) is 11.8 Å². The molecule has 0 aromatic heterocycles. The van der Waals surface area contributed by atoms with E-state index in [0.29, 0.717) is 26.2 Å². The minimum atomic E-state index is -1.19. The van der Waals surface area contributed by atoms with Gasteiger partial charge in [0.05, 0.1) is 17.9 Å². The molecule has 4 amide bonds. The van der Waals surface area contributed by atoms with Gasteiger partial charge in [-0.1, -0.05) is 12.8 Å².